The first-order valence-corrected chi connectivity index (χ1v) is 10.2. The van der Waals surface area contributed by atoms with Crippen molar-refractivity contribution in [3.05, 3.63) is 94.3 Å². The van der Waals surface area contributed by atoms with Gasteiger partial charge in [-0.15, -0.1) is 0 Å². The highest BCUT2D eigenvalue weighted by atomic mass is 32.2. The van der Waals surface area contributed by atoms with Gasteiger partial charge in [0, 0.05) is 5.75 Å². The summed E-state index contributed by atoms with van der Waals surface area (Å²) in [6.45, 7) is -2.93. The van der Waals surface area contributed by atoms with Crippen molar-refractivity contribution in [3.63, 3.8) is 0 Å². The van der Waals surface area contributed by atoms with Crippen LogP contribution in [0.15, 0.2) is 82.7 Å². The second-order valence-electron chi connectivity index (χ2n) is 6.48. The minimum atomic E-state index is -2.93. The molecule has 0 saturated carbocycles. The summed E-state index contributed by atoms with van der Waals surface area (Å²) in [7, 11) is 0. The van der Waals surface area contributed by atoms with E-state index in [1.54, 1.807) is 36.4 Å². The highest BCUT2D eigenvalue weighted by molar-refractivity contribution is 7.98. The molecule has 0 N–H and O–H groups in total. The van der Waals surface area contributed by atoms with Crippen LogP contribution in [0.1, 0.15) is 11.1 Å². The van der Waals surface area contributed by atoms with Gasteiger partial charge in [0.1, 0.15) is 5.75 Å². The van der Waals surface area contributed by atoms with Gasteiger partial charge in [-0.25, -0.2) is 4.98 Å². The number of halogens is 2. The first kappa shape index (κ1) is 20.6. The minimum Gasteiger partial charge on any atom is -0.435 e. The fourth-order valence-corrected chi connectivity index (χ4v) is 4.13. The SMILES string of the molecule is N#Cc1ccccc1CSc1nc2ccccc2c(=O)n1-c1ccc(OC(F)F)cc1. The summed E-state index contributed by atoms with van der Waals surface area (Å²) in [5.74, 6) is 0.430. The fraction of sp³-hybridized carbons (Fsp3) is 0.0870. The molecule has 4 aromatic rings. The quantitative estimate of drug-likeness (QED) is 0.309. The summed E-state index contributed by atoms with van der Waals surface area (Å²) in [4.78, 5) is 17.9. The Kier molecular flexibility index (Phi) is 5.96. The van der Waals surface area contributed by atoms with Crippen molar-refractivity contribution < 1.29 is 13.5 Å². The van der Waals surface area contributed by atoms with Crippen LogP contribution in [0.3, 0.4) is 0 Å². The van der Waals surface area contributed by atoms with Gasteiger partial charge in [0.05, 0.1) is 28.2 Å². The Morgan fingerprint density at radius 2 is 1.74 bits per heavy atom. The predicted molar refractivity (Wildman–Crippen MR) is 115 cm³/mol. The number of aromatic nitrogens is 2. The van der Waals surface area contributed by atoms with Crippen LogP contribution in [0.2, 0.25) is 0 Å². The Morgan fingerprint density at radius 3 is 2.48 bits per heavy atom. The molecule has 0 aliphatic carbocycles. The number of benzene rings is 3. The molecule has 1 heterocycles. The highest BCUT2D eigenvalue weighted by Gasteiger charge is 2.15. The summed E-state index contributed by atoms with van der Waals surface area (Å²) in [6, 6.07) is 22.2. The van der Waals surface area contributed by atoms with E-state index < -0.39 is 6.61 Å². The number of alkyl halides is 2. The molecule has 0 aliphatic rings. The molecule has 3 aromatic carbocycles. The Labute approximate surface area is 180 Å². The first-order valence-electron chi connectivity index (χ1n) is 9.24. The molecule has 0 amide bonds. The third kappa shape index (κ3) is 4.42. The number of para-hydroxylation sites is 1. The average molecular weight is 435 g/mol. The molecule has 0 saturated heterocycles. The maximum Gasteiger partial charge on any atom is 0.387 e. The van der Waals surface area contributed by atoms with E-state index in [0.29, 0.717) is 33.1 Å². The number of fused-ring (bicyclic) bond motifs is 1. The maximum atomic E-state index is 13.3. The van der Waals surface area contributed by atoms with E-state index in [9.17, 15) is 18.8 Å². The lowest BCUT2D eigenvalue weighted by Crippen LogP contribution is -2.21. The molecule has 0 unspecified atom stereocenters. The van der Waals surface area contributed by atoms with Crippen molar-refractivity contribution in [1.82, 2.24) is 9.55 Å². The van der Waals surface area contributed by atoms with E-state index >= 15 is 0 Å². The Bertz CT molecular complexity index is 1330. The average Bonchev–Trinajstić information content (AvgIpc) is 2.78. The molecule has 0 spiro atoms. The normalized spacial score (nSPS) is 10.9. The van der Waals surface area contributed by atoms with Crippen LogP contribution in [0.4, 0.5) is 8.78 Å². The summed E-state index contributed by atoms with van der Waals surface area (Å²) in [5.41, 5.74) is 2.13. The van der Waals surface area contributed by atoms with Gasteiger partial charge in [-0.1, -0.05) is 42.1 Å². The fourth-order valence-electron chi connectivity index (χ4n) is 3.11. The first-order chi connectivity index (χ1) is 15.1. The van der Waals surface area contributed by atoms with E-state index in [1.165, 1.54) is 40.6 Å². The monoisotopic (exact) mass is 435 g/mol. The Morgan fingerprint density at radius 1 is 1.03 bits per heavy atom. The van der Waals surface area contributed by atoms with Crippen LogP contribution in [-0.4, -0.2) is 16.2 Å². The van der Waals surface area contributed by atoms with Gasteiger partial charge in [0.2, 0.25) is 0 Å². The third-order valence-electron chi connectivity index (χ3n) is 4.56. The zero-order chi connectivity index (χ0) is 21.8. The number of ether oxygens (including phenoxy) is 1. The molecule has 31 heavy (non-hydrogen) atoms. The molecule has 0 bridgehead atoms. The van der Waals surface area contributed by atoms with Crippen LogP contribution >= 0.6 is 11.8 Å². The third-order valence-corrected chi connectivity index (χ3v) is 5.55. The van der Waals surface area contributed by atoms with E-state index in [2.05, 4.69) is 15.8 Å². The number of hydrogen-bond donors (Lipinski definition) is 0. The van der Waals surface area contributed by atoms with Gasteiger partial charge in [-0.05, 0) is 48.0 Å². The summed E-state index contributed by atoms with van der Waals surface area (Å²) < 4.78 is 30.7. The molecule has 8 heteroatoms. The number of thioether (sulfide) groups is 1. The zero-order valence-corrected chi connectivity index (χ0v) is 16.9. The van der Waals surface area contributed by atoms with Gasteiger partial charge in [0.25, 0.3) is 5.56 Å². The van der Waals surface area contributed by atoms with Gasteiger partial charge < -0.3 is 4.74 Å². The number of nitrogens with zero attached hydrogens (tertiary/aromatic N) is 3. The molecule has 5 nitrogen and oxygen atoms in total. The minimum absolute atomic E-state index is 0.00213. The molecule has 1 aromatic heterocycles. The maximum absolute atomic E-state index is 13.3. The zero-order valence-electron chi connectivity index (χ0n) is 16.0. The molecular weight excluding hydrogens is 420 g/mol. The molecule has 0 fully saturated rings. The standard InChI is InChI=1S/C23H15F2N3O2S/c24-22(25)30-18-11-9-17(10-12-18)28-21(29)19-7-3-4-8-20(19)27-23(28)31-14-16-6-2-1-5-15(16)13-26/h1-12,22H,14H2. The highest BCUT2D eigenvalue weighted by Crippen LogP contribution is 2.27. The Balaban J connectivity index is 1.78. The predicted octanol–water partition coefficient (Wildman–Crippen LogP) is 5.15. The number of nitriles is 1. The lowest BCUT2D eigenvalue weighted by molar-refractivity contribution is -0.0498. The van der Waals surface area contributed by atoms with Gasteiger partial charge in [-0.3, -0.25) is 9.36 Å². The van der Waals surface area contributed by atoms with Gasteiger partial charge in [0.15, 0.2) is 5.16 Å². The van der Waals surface area contributed by atoms with Crippen molar-refractivity contribution in [2.45, 2.75) is 17.5 Å². The van der Waals surface area contributed by atoms with Crippen LogP contribution in [0, 0.1) is 11.3 Å². The van der Waals surface area contributed by atoms with E-state index in [4.69, 9.17) is 0 Å². The van der Waals surface area contributed by atoms with Crippen molar-refractivity contribution in [3.8, 4) is 17.5 Å². The molecule has 4 rings (SSSR count). The van der Waals surface area contributed by atoms with E-state index in [1.807, 2.05) is 12.1 Å². The van der Waals surface area contributed by atoms with E-state index in [0.717, 1.165) is 5.56 Å². The molecular formula is C23H15F2N3O2S. The number of rotatable bonds is 6. The van der Waals surface area contributed by atoms with Crippen molar-refractivity contribution in [2.24, 2.45) is 0 Å². The van der Waals surface area contributed by atoms with Crippen LogP contribution in [0.25, 0.3) is 16.6 Å². The van der Waals surface area contributed by atoms with E-state index in [-0.39, 0.29) is 11.3 Å². The molecule has 0 radical (unpaired) electrons. The van der Waals surface area contributed by atoms with Crippen molar-refractivity contribution in [2.75, 3.05) is 0 Å². The Hall–Kier alpha value is -3.70. The number of hydrogen-bond acceptors (Lipinski definition) is 5. The van der Waals surface area contributed by atoms with Crippen LogP contribution < -0.4 is 10.3 Å². The van der Waals surface area contributed by atoms with Crippen molar-refractivity contribution >= 4 is 22.7 Å². The smallest absolute Gasteiger partial charge is 0.387 e. The van der Waals surface area contributed by atoms with Crippen LogP contribution in [0.5, 0.6) is 5.75 Å². The second-order valence-corrected chi connectivity index (χ2v) is 7.42. The van der Waals surface area contributed by atoms with Gasteiger partial charge in [-0.2, -0.15) is 14.0 Å². The summed E-state index contributed by atoms with van der Waals surface area (Å²) in [6.07, 6.45) is 0. The molecule has 154 valence electrons. The molecule has 0 aliphatic heterocycles. The second kappa shape index (κ2) is 8.98. The summed E-state index contributed by atoms with van der Waals surface area (Å²) >= 11 is 1.32. The molecule has 0 atom stereocenters. The van der Waals surface area contributed by atoms with Gasteiger partial charge >= 0.3 is 6.61 Å². The van der Waals surface area contributed by atoms with Crippen molar-refractivity contribution in [1.29, 1.82) is 5.26 Å². The topological polar surface area (TPSA) is 67.9 Å². The summed E-state index contributed by atoms with van der Waals surface area (Å²) in [5, 5.41) is 10.2. The lowest BCUT2D eigenvalue weighted by atomic mass is 10.1. The lowest BCUT2D eigenvalue weighted by Gasteiger charge is -2.14. The largest absolute Gasteiger partial charge is 0.435 e. The van der Waals surface area contributed by atoms with Crippen LogP contribution in [-0.2, 0) is 5.75 Å².